The fourth-order valence-corrected chi connectivity index (χ4v) is 2.25. The number of rotatable bonds is 4. The molecule has 1 aliphatic rings. The van der Waals surface area contributed by atoms with Crippen molar-refractivity contribution in [3.8, 4) is 5.75 Å². The van der Waals surface area contributed by atoms with Gasteiger partial charge >= 0.3 is 0 Å². The van der Waals surface area contributed by atoms with E-state index in [-0.39, 0.29) is 17.4 Å². The average Bonchev–Trinajstić information content (AvgIpc) is 2.72. The van der Waals surface area contributed by atoms with E-state index in [1.54, 1.807) is 0 Å². The number of ether oxygens (including phenoxy) is 1. The third kappa shape index (κ3) is 3.59. The number of halogens is 2. The molecule has 7 heteroatoms. The van der Waals surface area contributed by atoms with Crippen LogP contribution in [0.4, 0.5) is 4.39 Å². The van der Waals surface area contributed by atoms with Crippen molar-refractivity contribution in [2.75, 3.05) is 6.61 Å². The number of hydrogen-bond acceptors (Lipinski definition) is 4. The molecule has 1 aromatic carbocycles. The maximum atomic E-state index is 12.9. The Bertz CT molecular complexity index is 499. The Morgan fingerprint density at radius 2 is 2.20 bits per heavy atom. The molecule has 0 unspecified atom stereocenters. The van der Waals surface area contributed by atoms with E-state index in [9.17, 15) is 19.4 Å². The lowest BCUT2D eigenvalue weighted by Crippen LogP contribution is -2.44. The quantitative estimate of drug-likeness (QED) is 0.771. The summed E-state index contributed by atoms with van der Waals surface area (Å²) in [6, 6.07) is 3.31. The molecule has 0 bridgehead atoms. The van der Waals surface area contributed by atoms with Gasteiger partial charge in [0.1, 0.15) is 11.6 Å². The van der Waals surface area contributed by atoms with E-state index in [1.165, 1.54) is 12.1 Å². The molecule has 2 rings (SSSR count). The summed E-state index contributed by atoms with van der Waals surface area (Å²) >= 11 is 5.59. The van der Waals surface area contributed by atoms with Gasteiger partial charge in [-0.15, -0.1) is 0 Å². The van der Waals surface area contributed by atoms with Crippen LogP contribution in [0.2, 0.25) is 5.02 Å². The molecule has 0 aliphatic heterocycles. The van der Waals surface area contributed by atoms with Gasteiger partial charge in [0.25, 0.3) is 5.91 Å². The van der Waals surface area contributed by atoms with Crippen molar-refractivity contribution in [1.82, 2.24) is 5.32 Å². The number of hydrogen-bond donors (Lipinski definition) is 3. The van der Waals surface area contributed by atoms with E-state index in [4.69, 9.17) is 16.3 Å². The fourth-order valence-electron chi connectivity index (χ4n) is 2.08. The Morgan fingerprint density at radius 3 is 2.80 bits per heavy atom. The number of nitrogens with one attached hydrogen (secondary N) is 1. The minimum absolute atomic E-state index is 0.0859. The highest BCUT2D eigenvalue weighted by molar-refractivity contribution is 6.30. The fraction of sp³-hybridized carbons (Fsp3) is 0.462. The summed E-state index contributed by atoms with van der Waals surface area (Å²) in [5.41, 5.74) is 0. The third-order valence-electron chi connectivity index (χ3n) is 3.19. The molecule has 1 saturated carbocycles. The van der Waals surface area contributed by atoms with Crippen LogP contribution in [0, 0.1) is 5.82 Å². The average molecular weight is 304 g/mol. The molecule has 0 radical (unpaired) electrons. The maximum absolute atomic E-state index is 12.9. The van der Waals surface area contributed by atoms with Crippen LogP contribution in [0.25, 0.3) is 0 Å². The van der Waals surface area contributed by atoms with Crippen LogP contribution in [-0.2, 0) is 4.79 Å². The largest absolute Gasteiger partial charge is 0.484 e. The third-order valence-corrected chi connectivity index (χ3v) is 3.48. The molecule has 3 atom stereocenters. The molecule has 0 spiro atoms. The highest BCUT2D eigenvalue weighted by Crippen LogP contribution is 2.21. The van der Waals surface area contributed by atoms with Gasteiger partial charge in [0, 0.05) is 6.07 Å². The highest BCUT2D eigenvalue weighted by atomic mass is 35.5. The smallest absolute Gasteiger partial charge is 0.258 e. The zero-order valence-corrected chi connectivity index (χ0v) is 11.3. The van der Waals surface area contributed by atoms with Crippen LogP contribution in [0.1, 0.15) is 12.8 Å². The van der Waals surface area contributed by atoms with E-state index in [0.717, 1.165) is 6.07 Å². The van der Waals surface area contributed by atoms with E-state index in [0.29, 0.717) is 12.8 Å². The summed E-state index contributed by atoms with van der Waals surface area (Å²) in [6.45, 7) is -0.277. The standard InChI is InChI=1S/C13H15ClFNO4/c14-8-5-7(1-2-9(8)15)20-6-12(18)16-10-3-4-11(17)13(10)19/h1-2,5,10-11,13,17,19H,3-4,6H2,(H,16,18)/t10-,11-,13-/m1/s1. The van der Waals surface area contributed by atoms with E-state index in [1.807, 2.05) is 0 Å². The Morgan fingerprint density at radius 1 is 1.45 bits per heavy atom. The first-order valence-electron chi connectivity index (χ1n) is 6.20. The van der Waals surface area contributed by atoms with Gasteiger partial charge in [-0.25, -0.2) is 4.39 Å². The summed E-state index contributed by atoms with van der Waals surface area (Å²) < 4.78 is 18.1. The van der Waals surface area contributed by atoms with Crippen molar-refractivity contribution in [3.63, 3.8) is 0 Å². The van der Waals surface area contributed by atoms with Gasteiger partial charge in [0.2, 0.25) is 0 Å². The predicted octanol–water partition coefficient (Wildman–Crippen LogP) is 0.858. The number of aliphatic hydroxyl groups excluding tert-OH is 2. The van der Waals surface area contributed by atoms with Crippen LogP contribution in [-0.4, -0.2) is 41.0 Å². The number of carbonyl (C=O) groups excluding carboxylic acids is 1. The van der Waals surface area contributed by atoms with Crippen LogP contribution in [0.15, 0.2) is 18.2 Å². The zero-order valence-electron chi connectivity index (χ0n) is 10.6. The van der Waals surface area contributed by atoms with Crippen LogP contribution in [0.3, 0.4) is 0 Å². The minimum Gasteiger partial charge on any atom is -0.484 e. The topological polar surface area (TPSA) is 78.8 Å². The van der Waals surface area contributed by atoms with Crippen molar-refractivity contribution in [2.24, 2.45) is 0 Å². The van der Waals surface area contributed by atoms with Gasteiger partial charge in [-0.1, -0.05) is 11.6 Å². The van der Waals surface area contributed by atoms with Crippen LogP contribution < -0.4 is 10.1 Å². The predicted molar refractivity (Wildman–Crippen MR) is 70.1 cm³/mol. The molecule has 1 aliphatic carbocycles. The lowest BCUT2D eigenvalue weighted by atomic mass is 10.2. The van der Waals surface area contributed by atoms with Crippen molar-refractivity contribution in [1.29, 1.82) is 0 Å². The molecule has 1 amide bonds. The maximum Gasteiger partial charge on any atom is 0.258 e. The molecule has 1 fully saturated rings. The summed E-state index contributed by atoms with van der Waals surface area (Å²) in [4.78, 5) is 11.6. The molecule has 3 N–H and O–H groups in total. The first-order chi connectivity index (χ1) is 9.47. The monoisotopic (exact) mass is 303 g/mol. The second kappa shape index (κ2) is 6.39. The van der Waals surface area contributed by atoms with Gasteiger partial charge in [-0.2, -0.15) is 0 Å². The Hall–Kier alpha value is -1.37. The number of amides is 1. The SMILES string of the molecule is O=C(COc1ccc(F)c(Cl)c1)N[C@@H]1CC[C@@H](O)[C@@H]1O. The summed E-state index contributed by atoms with van der Waals surface area (Å²) in [6.07, 6.45) is -0.812. The van der Waals surface area contributed by atoms with Crippen LogP contribution in [0.5, 0.6) is 5.75 Å². The molecule has 110 valence electrons. The lowest BCUT2D eigenvalue weighted by molar-refractivity contribution is -0.124. The second-order valence-electron chi connectivity index (χ2n) is 4.67. The Kier molecular flexibility index (Phi) is 4.80. The highest BCUT2D eigenvalue weighted by Gasteiger charge is 2.34. The van der Waals surface area contributed by atoms with Gasteiger partial charge in [-0.3, -0.25) is 4.79 Å². The molecular weight excluding hydrogens is 289 g/mol. The summed E-state index contributed by atoms with van der Waals surface area (Å²) in [7, 11) is 0. The summed E-state index contributed by atoms with van der Waals surface area (Å²) in [5.74, 6) is -0.714. The van der Waals surface area contributed by atoms with Crippen molar-refractivity contribution in [3.05, 3.63) is 29.0 Å². The van der Waals surface area contributed by atoms with Gasteiger partial charge < -0.3 is 20.3 Å². The van der Waals surface area contributed by atoms with Gasteiger partial charge in [-0.05, 0) is 25.0 Å². The number of aliphatic hydroxyl groups is 2. The minimum atomic E-state index is -0.959. The molecule has 0 heterocycles. The van der Waals surface area contributed by atoms with Gasteiger partial charge in [0.15, 0.2) is 6.61 Å². The lowest BCUT2D eigenvalue weighted by Gasteiger charge is -2.18. The van der Waals surface area contributed by atoms with Crippen molar-refractivity contribution in [2.45, 2.75) is 31.1 Å². The Labute approximate surface area is 120 Å². The van der Waals surface area contributed by atoms with Crippen molar-refractivity contribution >= 4 is 17.5 Å². The van der Waals surface area contributed by atoms with Crippen LogP contribution >= 0.6 is 11.6 Å². The molecule has 1 aromatic rings. The van der Waals surface area contributed by atoms with Gasteiger partial charge in [0.05, 0.1) is 23.3 Å². The zero-order chi connectivity index (χ0) is 14.7. The normalized spacial score (nSPS) is 25.5. The molecular formula is C13H15ClFNO4. The first-order valence-corrected chi connectivity index (χ1v) is 6.58. The molecule has 5 nitrogen and oxygen atoms in total. The number of benzene rings is 1. The number of carbonyl (C=O) groups is 1. The molecule has 0 aromatic heterocycles. The van der Waals surface area contributed by atoms with E-state index >= 15 is 0 Å². The van der Waals surface area contributed by atoms with E-state index < -0.39 is 30.0 Å². The molecule has 20 heavy (non-hydrogen) atoms. The Balaban J connectivity index is 1.82. The molecule has 0 saturated heterocycles. The first kappa shape index (κ1) is 15.0. The van der Waals surface area contributed by atoms with Crippen molar-refractivity contribution < 1.29 is 24.1 Å². The summed E-state index contributed by atoms with van der Waals surface area (Å²) in [5, 5.41) is 21.4. The van der Waals surface area contributed by atoms with E-state index in [2.05, 4.69) is 5.32 Å². The second-order valence-corrected chi connectivity index (χ2v) is 5.08.